The summed E-state index contributed by atoms with van der Waals surface area (Å²) >= 11 is 0. The number of carboxylic acid groups (broad SMARTS) is 1. The molecule has 5 N–H and O–H groups in total. The lowest BCUT2D eigenvalue weighted by Crippen LogP contribution is -2.33. The first kappa shape index (κ1) is 26.6. The Bertz CT molecular complexity index is 1430. The van der Waals surface area contributed by atoms with Gasteiger partial charge < -0.3 is 35.2 Å². The number of imidazole rings is 1. The molecule has 39 heavy (non-hydrogen) atoms. The van der Waals surface area contributed by atoms with Gasteiger partial charge in [-0.15, -0.1) is 0 Å². The molecule has 0 amide bonds. The number of hydrogen-bond acceptors (Lipinski definition) is 8. The third-order valence-electron chi connectivity index (χ3n) is 6.74. The molecule has 0 bridgehead atoms. The summed E-state index contributed by atoms with van der Waals surface area (Å²) in [7, 11) is 0. The standard InChI is InChI=1S/C29H31N3O7/c33-17-24-26(36)27(37)28(39-24)32-22-10-5-4-9-21(22)31-29(32)30-16-18-12-13-20(19-7-2-1-3-8-19)23(15-18)38-14-6-11-25(34)35/h1-5,7-10,12-13,15,24,26-28,33,36-37H,6,11,14,16-17H2,(H,30,31)(H,34,35)/t24-,26-,27-,28-/m1/s1. The van der Waals surface area contributed by atoms with Crippen molar-refractivity contribution in [3.63, 3.8) is 0 Å². The Morgan fingerprint density at radius 2 is 1.79 bits per heavy atom. The molecule has 1 aliphatic heterocycles. The summed E-state index contributed by atoms with van der Waals surface area (Å²) in [4.78, 5) is 15.6. The number of fused-ring (bicyclic) bond motifs is 1. The fourth-order valence-electron chi connectivity index (χ4n) is 4.76. The topological polar surface area (TPSA) is 146 Å². The van der Waals surface area contributed by atoms with Crippen LogP contribution in [0.4, 0.5) is 5.95 Å². The Balaban J connectivity index is 1.41. The van der Waals surface area contributed by atoms with Crippen LogP contribution in [-0.4, -0.2) is 67.5 Å². The molecule has 0 spiro atoms. The average molecular weight is 534 g/mol. The molecule has 0 radical (unpaired) electrons. The summed E-state index contributed by atoms with van der Waals surface area (Å²) in [6, 6.07) is 23.1. The minimum Gasteiger partial charge on any atom is -0.493 e. The third-order valence-corrected chi connectivity index (χ3v) is 6.74. The number of ether oxygens (including phenoxy) is 2. The highest BCUT2D eigenvalue weighted by molar-refractivity contribution is 5.79. The molecule has 0 saturated carbocycles. The van der Waals surface area contributed by atoms with Gasteiger partial charge in [-0.25, -0.2) is 4.98 Å². The highest BCUT2D eigenvalue weighted by atomic mass is 16.6. The number of carboxylic acids is 1. The summed E-state index contributed by atoms with van der Waals surface area (Å²) in [6.45, 7) is 0.204. The highest BCUT2D eigenvalue weighted by Crippen LogP contribution is 2.36. The van der Waals surface area contributed by atoms with Gasteiger partial charge in [0, 0.05) is 18.5 Å². The molecule has 1 fully saturated rings. The molecule has 0 aliphatic carbocycles. The van der Waals surface area contributed by atoms with E-state index in [0.717, 1.165) is 16.7 Å². The van der Waals surface area contributed by atoms with Crippen LogP contribution in [0.25, 0.3) is 22.2 Å². The first-order valence-corrected chi connectivity index (χ1v) is 12.8. The van der Waals surface area contributed by atoms with Gasteiger partial charge in [-0.3, -0.25) is 9.36 Å². The number of aliphatic hydroxyl groups is 3. The van der Waals surface area contributed by atoms with Gasteiger partial charge in [-0.2, -0.15) is 0 Å². The lowest BCUT2D eigenvalue weighted by molar-refractivity contribution is -0.137. The normalized spacial score (nSPS) is 20.8. The first-order valence-electron chi connectivity index (χ1n) is 12.8. The maximum atomic E-state index is 10.9. The fourth-order valence-corrected chi connectivity index (χ4v) is 4.76. The molecule has 1 aromatic heterocycles. The van der Waals surface area contributed by atoms with Crippen LogP contribution in [0, 0.1) is 0 Å². The summed E-state index contributed by atoms with van der Waals surface area (Å²) in [5, 5.41) is 42.9. The van der Waals surface area contributed by atoms with E-state index in [1.54, 1.807) is 4.57 Å². The lowest BCUT2D eigenvalue weighted by atomic mass is 10.0. The van der Waals surface area contributed by atoms with Crippen LogP contribution >= 0.6 is 0 Å². The largest absolute Gasteiger partial charge is 0.493 e. The van der Waals surface area contributed by atoms with E-state index in [1.807, 2.05) is 72.8 Å². The van der Waals surface area contributed by atoms with Gasteiger partial charge in [0.15, 0.2) is 6.23 Å². The highest BCUT2D eigenvalue weighted by Gasteiger charge is 2.44. The van der Waals surface area contributed by atoms with E-state index in [4.69, 9.17) is 14.6 Å². The van der Waals surface area contributed by atoms with Gasteiger partial charge in [0.2, 0.25) is 5.95 Å². The van der Waals surface area contributed by atoms with Crippen molar-refractivity contribution in [1.82, 2.24) is 9.55 Å². The maximum Gasteiger partial charge on any atom is 0.303 e. The Morgan fingerprint density at radius 1 is 1.03 bits per heavy atom. The Labute approximate surface area is 225 Å². The van der Waals surface area contributed by atoms with Crippen LogP contribution in [-0.2, 0) is 16.1 Å². The van der Waals surface area contributed by atoms with Gasteiger partial charge in [-0.05, 0) is 35.7 Å². The second-order valence-corrected chi connectivity index (χ2v) is 9.42. The second kappa shape index (κ2) is 11.8. The SMILES string of the molecule is O=C(O)CCCOc1cc(CNc2nc3ccccc3n2[C@@H]2O[C@H](CO)[C@@H](O)[C@H]2O)ccc1-c1ccccc1. The number of benzene rings is 3. The van der Waals surface area contributed by atoms with Gasteiger partial charge in [0.1, 0.15) is 24.1 Å². The van der Waals surface area contributed by atoms with Gasteiger partial charge in [0.25, 0.3) is 0 Å². The van der Waals surface area contributed by atoms with Crippen LogP contribution < -0.4 is 10.1 Å². The van der Waals surface area contributed by atoms with Crippen molar-refractivity contribution in [2.24, 2.45) is 0 Å². The monoisotopic (exact) mass is 533 g/mol. The zero-order valence-corrected chi connectivity index (χ0v) is 21.2. The van der Waals surface area contributed by atoms with E-state index in [-0.39, 0.29) is 13.0 Å². The smallest absolute Gasteiger partial charge is 0.303 e. The minimum absolute atomic E-state index is 0.0268. The molecule has 10 nitrogen and oxygen atoms in total. The number of hydrogen-bond donors (Lipinski definition) is 5. The predicted molar refractivity (Wildman–Crippen MR) is 144 cm³/mol. The number of aliphatic carboxylic acids is 1. The Morgan fingerprint density at radius 3 is 2.54 bits per heavy atom. The molecule has 5 rings (SSSR count). The van der Waals surface area contributed by atoms with Gasteiger partial charge in [0.05, 0.1) is 24.2 Å². The number of rotatable bonds is 11. The van der Waals surface area contributed by atoms with E-state index >= 15 is 0 Å². The molecule has 1 aliphatic rings. The molecule has 4 atom stereocenters. The van der Waals surface area contributed by atoms with E-state index in [0.29, 0.717) is 35.7 Å². The molecule has 3 aromatic carbocycles. The molecule has 0 unspecified atom stereocenters. The average Bonchev–Trinajstić information content (AvgIpc) is 3.46. The van der Waals surface area contributed by atoms with Crippen molar-refractivity contribution in [3.8, 4) is 16.9 Å². The first-order chi connectivity index (χ1) is 19.0. The Kier molecular flexibility index (Phi) is 8.08. The van der Waals surface area contributed by atoms with Crippen molar-refractivity contribution in [2.75, 3.05) is 18.5 Å². The lowest BCUT2D eigenvalue weighted by Gasteiger charge is -2.20. The van der Waals surface area contributed by atoms with Crippen molar-refractivity contribution >= 4 is 23.0 Å². The molecular weight excluding hydrogens is 502 g/mol. The van der Waals surface area contributed by atoms with Crippen molar-refractivity contribution < 1.29 is 34.7 Å². The minimum atomic E-state index is -1.25. The summed E-state index contributed by atoms with van der Waals surface area (Å²) in [6.07, 6.45) is -3.93. The van der Waals surface area contributed by atoms with Gasteiger partial charge in [-0.1, -0.05) is 54.6 Å². The van der Waals surface area contributed by atoms with E-state index in [2.05, 4.69) is 10.3 Å². The Hall–Kier alpha value is -3.96. The predicted octanol–water partition coefficient (Wildman–Crippen LogP) is 3.17. The van der Waals surface area contributed by atoms with Gasteiger partial charge >= 0.3 is 5.97 Å². The van der Waals surface area contributed by atoms with E-state index < -0.39 is 37.1 Å². The molecule has 4 aromatic rings. The molecule has 2 heterocycles. The van der Waals surface area contributed by atoms with Crippen LogP contribution in [0.2, 0.25) is 0 Å². The molecule has 1 saturated heterocycles. The number of carbonyl (C=O) groups is 1. The van der Waals surface area contributed by atoms with E-state index in [9.17, 15) is 20.1 Å². The summed E-state index contributed by atoms with van der Waals surface area (Å²) in [5.74, 6) is 0.210. The summed E-state index contributed by atoms with van der Waals surface area (Å²) < 4.78 is 13.5. The number of para-hydroxylation sites is 2. The zero-order chi connectivity index (χ0) is 27.4. The quantitative estimate of drug-likeness (QED) is 0.183. The van der Waals surface area contributed by atoms with Crippen LogP contribution in [0.15, 0.2) is 72.8 Å². The van der Waals surface area contributed by atoms with Crippen LogP contribution in [0.1, 0.15) is 24.6 Å². The van der Waals surface area contributed by atoms with Crippen LogP contribution in [0.5, 0.6) is 5.75 Å². The second-order valence-electron chi connectivity index (χ2n) is 9.42. The van der Waals surface area contributed by atoms with E-state index in [1.165, 1.54) is 0 Å². The molecule has 204 valence electrons. The number of nitrogens with zero attached hydrogens (tertiary/aromatic N) is 2. The number of nitrogens with one attached hydrogen (secondary N) is 1. The number of anilines is 1. The van der Waals surface area contributed by atoms with Crippen LogP contribution in [0.3, 0.4) is 0 Å². The fraction of sp³-hybridized carbons (Fsp3) is 0.310. The number of aliphatic hydroxyl groups excluding tert-OH is 3. The van der Waals surface area contributed by atoms with Crippen molar-refractivity contribution in [2.45, 2.75) is 43.9 Å². The zero-order valence-electron chi connectivity index (χ0n) is 21.2. The van der Waals surface area contributed by atoms with Crippen molar-refractivity contribution in [3.05, 3.63) is 78.4 Å². The maximum absolute atomic E-state index is 10.9. The number of aromatic nitrogens is 2. The summed E-state index contributed by atoms with van der Waals surface area (Å²) in [5.41, 5.74) is 4.16. The van der Waals surface area contributed by atoms with Crippen molar-refractivity contribution in [1.29, 1.82) is 0 Å². The third kappa shape index (κ3) is 5.74. The molecule has 10 heteroatoms. The molecular formula is C29H31N3O7.